The molecule has 5 rings (SSSR count). The van der Waals surface area contributed by atoms with Gasteiger partial charge in [-0.2, -0.15) is 4.98 Å². The maximum absolute atomic E-state index is 13.0. The first-order valence-electron chi connectivity index (χ1n) is 12.1. The Hall–Kier alpha value is -3.23. The Balaban J connectivity index is 1.17. The van der Waals surface area contributed by atoms with Crippen molar-refractivity contribution in [1.29, 1.82) is 0 Å². The van der Waals surface area contributed by atoms with Gasteiger partial charge < -0.3 is 19.3 Å². The molecule has 1 fully saturated rings. The molecule has 0 saturated carbocycles. The zero-order chi connectivity index (χ0) is 22.6. The highest BCUT2D eigenvalue weighted by Gasteiger charge is 2.34. The first kappa shape index (κ1) is 21.6. The predicted octanol–water partition coefficient (Wildman–Crippen LogP) is 3.71. The lowest BCUT2D eigenvalue weighted by atomic mass is 10.1. The molecule has 9 nitrogen and oxygen atoms in total. The van der Waals surface area contributed by atoms with E-state index in [0.717, 1.165) is 74.4 Å². The third-order valence-corrected chi connectivity index (χ3v) is 6.62. The normalized spacial score (nSPS) is 18.2. The Morgan fingerprint density at radius 3 is 2.82 bits per heavy atom. The van der Waals surface area contributed by atoms with E-state index in [9.17, 15) is 4.79 Å². The number of amides is 2. The van der Waals surface area contributed by atoms with Crippen LogP contribution in [0.4, 0.5) is 4.79 Å². The molecule has 0 aliphatic carbocycles. The van der Waals surface area contributed by atoms with Crippen molar-refractivity contribution in [2.45, 2.75) is 70.9 Å². The zero-order valence-corrected chi connectivity index (χ0v) is 19.2. The fourth-order valence-electron chi connectivity index (χ4n) is 4.78. The molecule has 2 aliphatic rings. The van der Waals surface area contributed by atoms with Crippen molar-refractivity contribution >= 4 is 6.03 Å². The van der Waals surface area contributed by atoms with Gasteiger partial charge in [0.2, 0.25) is 0 Å². The SMILES string of the molecule is CCc1noc(-c2ccc(CCNC(=O)N3CCCC3c3nnc4n3CCCCC4)cc2)n1. The predicted molar refractivity (Wildman–Crippen MR) is 122 cm³/mol. The van der Waals surface area contributed by atoms with Crippen LogP contribution in [0, 0.1) is 0 Å². The van der Waals surface area contributed by atoms with Crippen LogP contribution in [0.25, 0.3) is 11.5 Å². The van der Waals surface area contributed by atoms with Crippen LogP contribution in [-0.4, -0.2) is 48.9 Å². The number of aromatic nitrogens is 5. The van der Waals surface area contributed by atoms with Crippen molar-refractivity contribution in [3.63, 3.8) is 0 Å². The quantitative estimate of drug-likeness (QED) is 0.616. The van der Waals surface area contributed by atoms with Crippen LogP contribution < -0.4 is 5.32 Å². The molecule has 1 saturated heterocycles. The molecular weight excluding hydrogens is 418 g/mol. The van der Waals surface area contributed by atoms with Gasteiger partial charge in [-0.1, -0.05) is 30.6 Å². The van der Waals surface area contributed by atoms with Gasteiger partial charge in [-0.05, 0) is 49.8 Å². The van der Waals surface area contributed by atoms with E-state index in [2.05, 4.69) is 30.2 Å². The number of fused-ring (bicyclic) bond motifs is 1. The van der Waals surface area contributed by atoms with Gasteiger partial charge in [0.05, 0.1) is 6.04 Å². The molecule has 2 amide bonds. The summed E-state index contributed by atoms with van der Waals surface area (Å²) in [6.07, 6.45) is 7.99. The summed E-state index contributed by atoms with van der Waals surface area (Å²) in [5.74, 6) is 3.28. The molecule has 2 aliphatic heterocycles. The van der Waals surface area contributed by atoms with E-state index in [-0.39, 0.29) is 12.1 Å². The number of aryl methyl sites for hydroxylation is 2. The number of nitrogens with zero attached hydrogens (tertiary/aromatic N) is 6. The van der Waals surface area contributed by atoms with Crippen molar-refractivity contribution in [3.8, 4) is 11.5 Å². The molecule has 174 valence electrons. The van der Waals surface area contributed by atoms with Crippen molar-refractivity contribution < 1.29 is 9.32 Å². The first-order chi connectivity index (χ1) is 16.2. The highest BCUT2D eigenvalue weighted by molar-refractivity contribution is 5.75. The summed E-state index contributed by atoms with van der Waals surface area (Å²) in [7, 11) is 0. The molecule has 1 unspecified atom stereocenters. The molecule has 0 bridgehead atoms. The Labute approximate surface area is 193 Å². The van der Waals surface area contributed by atoms with Gasteiger partial charge >= 0.3 is 6.03 Å². The third kappa shape index (κ3) is 4.62. The molecule has 1 aromatic carbocycles. The lowest BCUT2D eigenvalue weighted by Gasteiger charge is -2.25. The number of urea groups is 1. The van der Waals surface area contributed by atoms with Crippen molar-refractivity contribution in [2.75, 3.05) is 13.1 Å². The molecule has 0 radical (unpaired) electrons. The molecule has 1 atom stereocenters. The van der Waals surface area contributed by atoms with E-state index in [4.69, 9.17) is 4.52 Å². The number of nitrogens with one attached hydrogen (secondary N) is 1. The Kier molecular flexibility index (Phi) is 6.37. The van der Waals surface area contributed by atoms with Gasteiger partial charge in [-0.25, -0.2) is 4.79 Å². The third-order valence-electron chi connectivity index (χ3n) is 6.62. The highest BCUT2D eigenvalue weighted by Crippen LogP contribution is 2.32. The zero-order valence-electron chi connectivity index (χ0n) is 19.2. The number of hydrogen-bond acceptors (Lipinski definition) is 6. The van der Waals surface area contributed by atoms with E-state index in [1.165, 1.54) is 12.8 Å². The van der Waals surface area contributed by atoms with E-state index in [1.54, 1.807) is 0 Å². The van der Waals surface area contributed by atoms with Crippen molar-refractivity contribution in [1.82, 2.24) is 35.1 Å². The van der Waals surface area contributed by atoms with Crippen LogP contribution >= 0.6 is 0 Å². The van der Waals surface area contributed by atoms with Crippen LogP contribution in [-0.2, 0) is 25.8 Å². The summed E-state index contributed by atoms with van der Waals surface area (Å²) < 4.78 is 7.56. The average Bonchev–Trinajstić information content (AvgIpc) is 3.56. The standard InChI is InChI=1S/C24H31N7O2/c1-2-20-26-23(33-29-20)18-11-9-17(10-12-18)13-14-25-24(32)30-16-6-7-19(30)22-28-27-21-8-4-3-5-15-31(21)22/h9-12,19H,2-8,13-16H2,1H3,(H,25,32). The van der Waals surface area contributed by atoms with Gasteiger partial charge in [-0.15, -0.1) is 10.2 Å². The van der Waals surface area contributed by atoms with Gasteiger partial charge in [0.15, 0.2) is 11.6 Å². The molecule has 2 aromatic heterocycles. The summed E-state index contributed by atoms with van der Waals surface area (Å²) in [5, 5.41) is 16.0. The molecule has 4 heterocycles. The van der Waals surface area contributed by atoms with Gasteiger partial charge in [0.25, 0.3) is 5.89 Å². The van der Waals surface area contributed by atoms with E-state index < -0.39 is 0 Å². The minimum atomic E-state index is -0.0157. The fourth-order valence-corrected chi connectivity index (χ4v) is 4.78. The van der Waals surface area contributed by atoms with Gasteiger partial charge in [0, 0.05) is 38.0 Å². The second-order valence-corrected chi connectivity index (χ2v) is 8.84. The van der Waals surface area contributed by atoms with Crippen LogP contribution in [0.5, 0.6) is 0 Å². The minimum Gasteiger partial charge on any atom is -0.338 e. The van der Waals surface area contributed by atoms with Crippen molar-refractivity contribution in [2.24, 2.45) is 0 Å². The van der Waals surface area contributed by atoms with Crippen LogP contribution in [0.2, 0.25) is 0 Å². The number of hydrogen-bond donors (Lipinski definition) is 1. The van der Waals surface area contributed by atoms with E-state index >= 15 is 0 Å². The monoisotopic (exact) mass is 449 g/mol. The summed E-state index contributed by atoms with van der Waals surface area (Å²) >= 11 is 0. The molecule has 33 heavy (non-hydrogen) atoms. The summed E-state index contributed by atoms with van der Waals surface area (Å²) in [5.41, 5.74) is 2.05. The molecule has 3 aromatic rings. The minimum absolute atomic E-state index is 0.0157. The Morgan fingerprint density at radius 1 is 1.12 bits per heavy atom. The summed E-state index contributed by atoms with van der Waals surface area (Å²) in [6.45, 7) is 4.30. The summed E-state index contributed by atoms with van der Waals surface area (Å²) in [4.78, 5) is 19.3. The van der Waals surface area contributed by atoms with Crippen molar-refractivity contribution in [3.05, 3.63) is 47.3 Å². The molecule has 0 spiro atoms. The Morgan fingerprint density at radius 2 is 2.00 bits per heavy atom. The number of rotatable bonds is 6. The lowest BCUT2D eigenvalue weighted by Crippen LogP contribution is -2.41. The summed E-state index contributed by atoms with van der Waals surface area (Å²) in [6, 6.07) is 8.06. The van der Waals surface area contributed by atoms with Crippen LogP contribution in [0.1, 0.15) is 68.1 Å². The highest BCUT2D eigenvalue weighted by atomic mass is 16.5. The van der Waals surface area contributed by atoms with Crippen LogP contribution in [0.15, 0.2) is 28.8 Å². The molecule has 1 N–H and O–H groups in total. The second-order valence-electron chi connectivity index (χ2n) is 8.84. The van der Waals surface area contributed by atoms with E-state index in [0.29, 0.717) is 18.3 Å². The number of likely N-dealkylation sites (tertiary alicyclic amines) is 1. The fraction of sp³-hybridized carbons (Fsp3) is 0.542. The smallest absolute Gasteiger partial charge is 0.318 e. The number of benzene rings is 1. The lowest BCUT2D eigenvalue weighted by molar-refractivity contribution is 0.190. The number of carbonyl (C=O) groups is 1. The van der Waals surface area contributed by atoms with Gasteiger partial charge in [0.1, 0.15) is 5.82 Å². The first-order valence-corrected chi connectivity index (χ1v) is 12.1. The maximum Gasteiger partial charge on any atom is 0.318 e. The van der Waals surface area contributed by atoms with Gasteiger partial charge in [-0.3, -0.25) is 0 Å². The van der Waals surface area contributed by atoms with E-state index in [1.807, 2.05) is 36.1 Å². The van der Waals surface area contributed by atoms with Crippen LogP contribution in [0.3, 0.4) is 0 Å². The average molecular weight is 450 g/mol. The Bertz CT molecular complexity index is 1090. The molecule has 9 heteroatoms. The second kappa shape index (κ2) is 9.72. The maximum atomic E-state index is 13.0. The topological polar surface area (TPSA) is 102 Å². The molecular formula is C24H31N7O2. The number of carbonyl (C=O) groups excluding carboxylic acids is 1. The largest absolute Gasteiger partial charge is 0.338 e.